The highest BCUT2D eigenvalue weighted by molar-refractivity contribution is 6.39. The van der Waals surface area contributed by atoms with Crippen molar-refractivity contribution in [1.82, 2.24) is 5.32 Å². The topological polar surface area (TPSA) is 21.3 Å². The zero-order valence-corrected chi connectivity index (χ0v) is 12.0. The smallest absolute Gasteiger partial charge is 0.145 e. The molecule has 1 heterocycles. The lowest BCUT2D eigenvalue weighted by Crippen LogP contribution is -2.15. The highest BCUT2D eigenvalue weighted by atomic mass is 35.5. The van der Waals surface area contributed by atoms with Gasteiger partial charge in [-0.3, -0.25) is 0 Å². The molecule has 1 saturated heterocycles. The Morgan fingerprint density at radius 3 is 2.68 bits per heavy atom. The minimum Gasteiger partial charge on any atom is -0.491 e. The molecule has 1 fully saturated rings. The van der Waals surface area contributed by atoms with E-state index in [0.29, 0.717) is 22.6 Å². The summed E-state index contributed by atoms with van der Waals surface area (Å²) in [4.78, 5) is 0. The van der Waals surface area contributed by atoms with E-state index in [4.69, 9.17) is 27.9 Å². The molecule has 0 aromatic heterocycles. The van der Waals surface area contributed by atoms with Gasteiger partial charge < -0.3 is 10.1 Å². The van der Waals surface area contributed by atoms with Gasteiger partial charge in [-0.05, 0) is 19.0 Å². The van der Waals surface area contributed by atoms with Gasteiger partial charge in [0.1, 0.15) is 5.75 Å². The van der Waals surface area contributed by atoms with Crippen molar-refractivity contribution in [2.75, 3.05) is 19.7 Å². The first kappa shape index (κ1) is 13.0. The van der Waals surface area contributed by atoms with Crippen LogP contribution >= 0.6 is 23.2 Å². The van der Waals surface area contributed by atoms with Gasteiger partial charge in [-0.2, -0.15) is 0 Å². The van der Waals surface area contributed by atoms with E-state index < -0.39 is 0 Å². The van der Waals surface area contributed by atoms with Gasteiger partial charge in [0.25, 0.3) is 0 Å². The van der Waals surface area contributed by atoms with Crippen molar-refractivity contribution in [2.45, 2.75) is 6.42 Å². The second kappa shape index (κ2) is 5.58. The van der Waals surface area contributed by atoms with Crippen LogP contribution in [0.15, 0.2) is 30.3 Å². The van der Waals surface area contributed by atoms with Crippen LogP contribution in [0.4, 0.5) is 0 Å². The van der Waals surface area contributed by atoms with E-state index in [0.717, 1.165) is 36.0 Å². The van der Waals surface area contributed by atoms with Crippen LogP contribution in [0, 0.1) is 5.92 Å². The van der Waals surface area contributed by atoms with Crippen LogP contribution in [-0.4, -0.2) is 19.7 Å². The predicted octanol–water partition coefficient (Wildman–Crippen LogP) is 4.13. The number of hydrogen-bond donors (Lipinski definition) is 1. The molecule has 3 rings (SSSR count). The average molecular weight is 296 g/mol. The van der Waals surface area contributed by atoms with Crippen molar-refractivity contribution in [3.05, 3.63) is 40.4 Å². The highest BCUT2D eigenvalue weighted by Gasteiger charge is 2.17. The second-order valence-electron chi connectivity index (χ2n) is 4.88. The fraction of sp³-hybridized carbons (Fsp3) is 0.333. The van der Waals surface area contributed by atoms with Crippen LogP contribution in [0.2, 0.25) is 10.0 Å². The largest absolute Gasteiger partial charge is 0.491 e. The van der Waals surface area contributed by atoms with Crippen molar-refractivity contribution in [1.29, 1.82) is 0 Å². The van der Waals surface area contributed by atoms with Crippen LogP contribution < -0.4 is 10.1 Å². The van der Waals surface area contributed by atoms with E-state index in [9.17, 15) is 0 Å². The molecule has 1 aliphatic heterocycles. The molecule has 0 spiro atoms. The molecule has 0 aliphatic carbocycles. The lowest BCUT2D eigenvalue weighted by molar-refractivity contribution is 0.263. The third kappa shape index (κ3) is 2.66. The van der Waals surface area contributed by atoms with E-state index in [2.05, 4.69) is 5.32 Å². The molecule has 19 heavy (non-hydrogen) atoms. The van der Waals surface area contributed by atoms with Gasteiger partial charge in [0, 0.05) is 23.2 Å². The Hall–Kier alpha value is -0.960. The maximum atomic E-state index is 6.27. The van der Waals surface area contributed by atoms with E-state index in [1.165, 1.54) is 0 Å². The Kier molecular flexibility index (Phi) is 3.83. The molecule has 4 heteroatoms. The minimum absolute atomic E-state index is 0.561. The van der Waals surface area contributed by atoms with Crippen molar-refractivity contribution in [2.24, 2.45) is 5.92 Å². The lowest BCUT2D eigenvalue weighted by atomic mass is 10.1. The molecule has 1 unspecified atom stereocenters. The van der Waals surface area contributed by atoms with Crippen molar-refractivity contribution in [3.63, 3.8) is 0 Å². The van der Waals surface area contributed by atoms with Gasteiger partial charge in [0.2, 0.25) is 0 Å². The second-order valence-corrected chi connectivity index (χ2v) is 5.70. The van der Waals surface area contributed by atoms with E-state index in [-0.39, 0.29) is 0 Å². The summed E-state index contributed by atoms with van der Waals surface area (Å²) in [5, 5.41) is 6.53. The highest BCUT2D eigenvalue weighted by Crippen LogP contribution is 2.38. The third-order valence-electron chi connectivity index (χ3n) is 3.53. The van der Waals surface area contributed by atoms with Gasteiger partial charge in [-0.1, -0.05) is 47.5 Å². The summed E-state index contributed by atoms with van der Waals surface area (Å²) in [6, 6.07) is 9.67. The third-order valence-corrected chi connectivity index (χ3v) is 4.12. The summed E-state index contributed by atoms with van der Waals surface area (Å²) < 4.78 is 5.96. The normalized spacial score (nSPS) is 18.9. The van der Waals surface area contributed by atoms with Crippen LogP contribution in [-0.2, 0) is 0 Å². The van der Waals surface area contributed by atoms with Gasteiger partial charge in [0.05, 0.1) is 16.7 Å². The summed E-state index contributed by atoms with van der Waals surface area (Å²) >= 11 is 12.5. The molecule has 0 saturated carbocycles. The number of halogens is 2. The monoisotopic (exact) mass is 295 g/mol. The first-order valence-corrected chi connectivity index (χ1v) is 7.21. The molecule has 1 N–H and O–H groups in total. The van der Waals surface area contributed by atoms with E-state index in [1.807, 2.05) is 24.3 Å². The SMILES string of the molecule is Clc1cc(Cl)c2ccccc2c1OCC1CCNC1. The first-order chi connectivity index (χ1) is 9.25. The number of hydrogen-bond acceptors (Lipinski definition) is 2. The number of benzene rings is 2. The summed E-state index contributed by atoms with van der Waals surface area (Å²) in [5.41, 5.74) is 0. The Balaban J connectivity index is 1.93. The molecule has 0 amide bonds. The van der Waals surface area contributed by atoms with Gasteiger partial charge >= 0.3 is 0 Å². The number of nitrogens with one attached hydrogen (secondary N) is 1. The first-order valence-electron chi connectivity index (χ1n) is 6.46. The minimum atomic E-state index is 0.561. The summed E-state index contributed by atoms with van der Waals surface area (Å²) in [6.45, 7) is 2.78. The van der Waals surface area contributed by atoms with E-state index >= 15 is 0 Å². The zero-order chi connectivity index (χ0) is 13.2. The van der Waals surface area contributed by atoms with Gasteiger partial charge in [-0.25, -0.2) is 0 Å². The lowest BCUT2D eigenvalue weighted by Gasteiger charge is -2.15. The van der Waals surface area contributed by atoms with Crippen LogP contribution in [0.1, 0.15) is 6.42 Å². The fourth-order valence-electron chi connectivity index (χ4n) is 2.48. The number of fused-ring (bicyclic) bond motifs is 1. The van der Waals surface area contributed by atoms with Crippen molar-refractivity contribution >= 4 is 34.0 Å². The predicted molar refractivity (Wildman–Crippen MR) is 80.4 cm³/mol. The summed E-state index contributed by atoms with van der Waals surface area (Å²) in [5.74, 6) is 1.30. The molecule has 1 aliphatic rings. The van der Waals surface area contributed by atoms with Crippen molar-refractivity contribution < 1.29 is 4.74 Å². The van der Waals surface area contributed by atoms with Crippen LogP contribution in [0.3, 0.4) is 0 Å². The average Bonchev–Trinajstić information content (AvgIpc) is 2.92. The fourth-order valence-corrected chi connectivity index (χ4v) is 3.07. The summed E-state index contributed by atoms with van der Waals surface area (Å²) in [7, 11) is 0. The standard InChI is InChI=1S/C15H15Cl2NO/c16-13-7-14(17)15(12-4-2-1-3-11(12)13)19-9-10-5-6-18-8-10/h1-4,7,10,18H,5-6,8-9H2. The molecule has 2 nitrogen and oxygen atoms in total. The maximum Gasteiger partial charge on any atom is 0.145 e. The van der Waals surface area contributed by atoms with E-state index in [1.54, 1.807) is 6.07 Å². The molecule has 1 atom stereocenters. The Morgan fingerprint density at radius 1 is 1.16 bits per heavy atom. The Morgan fingerprint density at radius 2 is 1.95 bits per heavy atom. The summed E-state index contributed by atoms with van der Waals surface area (Å²) in [6.07, 6.45) is 1.16. The Bertz CT molecular complexity index is 594. The molecule has 0 radical (unpaired) electrons. The van der Waals surface area contributed by atoms with Gasteiger partial charge in [0.15, 0.2) is 0 Å². The van der Waals surface area contributed by atoms with Gasteiger partial charge in [-0.15, -0.1) is 0 Å². The molecular formula is C15H15Cl2NO. The van der Waals surface area contributed by atoms with Crippen LogP contribution in [0.5, 0.6) is 5.75 Å². The molecular weight excluding hydrogens is 281 g/mol. The number of ether oxygens (including phenoxy) is 1. The van der Waals surface area contributed by atoms with Crippen molar-refractivity contribution in [3.8, 4) is 5.75 Å². The molecule has 2 aromatic rings. The molecule has 2 aromatic carbocycles. The number of rotatable bonds is 3. The Labute approximate surface area is 122 Å². The zero-order valence-electron chi connectivity index (χ0n) is 10.5. The molecule has 0 bridgehead atoms. The quantitative estimate of drug-likeness (QED) is 0.919. The maximum absolute atomic E-state index is 6.27. The molecule has 100 valence electrons. The van der Waals surface area contributed by atoms with Crippen LogP contribution in [0.25, 0.3) is 10.8 Å².